The average Bonchev–Trinajstić information content (AvgIpc) is 2.34. The fraction of sp³-hybridized carbons (Fsp3) is 0.462. The van der Waals surface area contributed by atoms with Crippen molar-refractivity contribution in [2.24, 2.45) is 0 Å². The number of hydrogen-bond acceptors (Lipinski definition) is 3. The van der Waals surface area contributed by atoms with Crippen LogP contribution in [0, 0.1) is 6.92 Å². The SMILES string of the molecule is Cc1c(Cl)cccc1N1C(=O)COCC1CCO. The molecule has 1 N–H and O–H groups in total. The Balaban J connectivity index is 2.37. The molecule has 18 heavy (non-hydrogen) atoms. The number of nitrogens with zero attached hydrogens (tertiary/aromatic N) is 1. The van der Waals surface area contributed by atoms with Gasteiger partial charge < -0.3 is 14.7 Å². The minimum atomic E-state index is -0.131. The van der Waals surface area contributed by atoms with Gasteiger partial charge in [0.1, 0.15) is 6.61 Å². The van der Waals surface area contributed by atoms with E-state index in [1.807, 2.05) is 19.1 Å². The molecule has 2 rings (SSSR count). The molecule has 0 saturated carbocycles. The Morgan fingerprint density at radius 3 is 3.06 bits per heavy atom. The number of aliphatic hydroxyl groups is 1. The van der Waals surface area contributed by atoms with Crippen LogP contribution in [0.3, 0.4) is 0 Å². The van der Waals surface area contributed by atoms with Crippen LogP contribution in [0.25, 0.3) is 0 Å². The van der Waals surface area contributed by atoms with Crippen LogP contribution in [0.2, 0.25) is 5.02 Å². The lowest BCUT2D eigenvalue weighted by Crippen LogP contribution is -2.50. The van der Waals surface area contributed by atoms with Gasteiger partial charge in [-0.15, -0.1) is 0 Å². The third-order valence-corrected chi connectivity index (χ3v) is 3.54. The molecule has 5 heteroatoms. The second kappa shape index (κ2) is 5.69. The molecule has 1 saturated heterocycles. The molecule has 1 aromatic carbocycles. The molecule has 0 spiro atoms. The van der Waals surface area contributed by atoms with Gasteiger partial charge in [0, 0.05) is 17.3 Å². The van der Waals surface area contributed by atoms with E-state index >= 15 is 0 Å². The van der Waals surface area contributed by atoms with Crippen molar-refractivity contribution in [2.75, 3.05) is 24.7 Å². The van der Waals surface area contributed by atoms with E-state index in [0.29, 0.717) is 18.1 Å². The minimum Gasteiger partial charge on any atom is -0.396 e. The lowest BCUT2D eigenvalue weighted by molar-refractivity contribution is -0.127. The van der Waals surface area contributed by atoms with Gasteiger partial charge in [-0.3, -0.25) is 4.79 Å². The maximum atomic E-state index is 12.0. The van der Waals surface area contributed by atoms with E-state index in [4.69, 9.17) is 21.4 Å². The molecule has 1 fully saturated rings. The normalized spacial score (nSPS) is 20.3. The number of anilines is 1. The first-order chi connectivity index (χ1) is 8.65. The molecule has 1 aliphatic rings. The molecule has 1 aliphatic heterocycles. The zero-order valence-corrected chi connectivity index (χ0v) is 11.0. The first kappa shape index (κ1) is 13.3. The van der Waals surface area contributed by atoms with Crippen molar-refractivity contribution in [1.82, 2.24) is 0 Å². The van der Waals surface area contributed by atoms with Crippen LogP contribution in [0.1, 0.15) is 12.0 Å². The number of rotatable bonds is 3. The fourth-order valence-electron chi connectivity index (χ4n) is 2.18. The number of benzene rings is 1. The van der Waals surface area contributed by atoms with Crippen molar-refractivity contribution >= 4 is 23.2 Å². The summed E-state index contributed by atoms with van der Waals surface area (Å²) in [5.74, 6) is -0.0925. The predicted molar refractivity (Wildman–Crippen MR) is 70.0 cm³/mol. The van der Waals surface area contributed by atoms with E-state index in [-0.39, 0.29) is 25.2 Å². The Bertz CT molecular complexity index is 448. The zero-order valence-electron chi connectivity index (χ0n) is 10.2. The maximum absolute atomic E-state index is 12.0. The van der Waals surface area contributed by atoms with Gasteiger partial charge in [0.25, 0.3) is 5.91 Å². The number of carbonyl (C=O) groups is 1. The van der Waals surface area contributed by atoms with E-state index in [1.165, 1.54) is 0 Å². The van der Waals surface area contributed by atoms with E-state index < -0.39 is 0 Å². The van der Waals surface area contributed by atoms with Crippen molar-refractivity contribution < 1.29 is 14.6 Å². The van der Waals surface area contributed by atoms with Crippen molar-refractivity contribution in [1.29, 1.82) is 0 Å². The molecular formula is C13H16ClNO3. The third-order valence-electron chi connectivity index (χ3n) is 3.13. The summed E-state index contributed by atoms with van der Waals surface area (Å²) in [6.45, 7) is 2.43. The van der Waals surface area contributed by atoms with E-state index in [9.17, 15) is 4.79 Å². The molecule has 0 radical (unpaired) electrons. The summed E-state index contributed by atoms with van der Waals surface area (Å²) >= 11 is 6.09. The predicted octanol–water partition coefficient (Wildman–Crippen LogP) is 1.76. The summed E-state index contributed by atoms with van der Waals surface area (Å²) in [7, 11) is 0. The lowest BCUT2D eigenvalue weighted by Gasteiger charge is -2.36. The Morgan fingerprint density at radius 2 is 2.33 bits per heavy atom. The maximum Gasteiger partial charge on any atom is 0.253 e. The monoisotopic (exact) mass is 269 g/mol. The zero-order chi connectivity index (χ0) is 13.1. The molecule has 0 bridgehead atoms. The lowest BCUT2D eigenvalue weighted by atomic mass is 10.1. The third kappa shape index (κ3) is 2.51. The summed E-state index contributed by atoms with van der Waals surface area (Å²) in [6, 6.07) is 5.36. The van der Waals surface area contributed by atoms with Gasteiger partial charge in [-0.1, -0.05) is 17.7 Å². The summed E-state index contributed by atoms with van der Waals surface area (Å²) in [5, 5.41) is 9.71. The van der Waals surface area contributed by atoms with Crippen LogP contribution >= 0.6 is 11.6 Å². The van der Waals surface area contributed by atoms with Gasteiger partial charge in [-0.25, -0.2) is 0 Å². The number of amides is 1. The van der Waals surface area contributed by atoms with Crippen molar-refractivity contribution in [3.8, 4) is 0 Å². The summed E-state index contributed by atoms with van der Waals surface area (Å²) in [5.41, 5.74) is 1.67. The summed E-state index contributed by atoms with van der Waals surface area (Å²) in [4.78, 5) is 13.7. The highest BCUT2D eigenvalue weighted by Gasteiger charge is 2.30. The van der Waals surface area contributed by atoms with E-state index in [0.717, 1.165) is 11.3 Å². The highest BCUT2D eigenvalue weighted by molar-refractivity contribution is 6.31. The minimum absolute atomic E-state index is 0.0252. The molecule has 1 amide bonds. The number of aliphatic hydroxyl groups excluding tert-OH is 1. The van der Waals surface area contributed by atoms with Crippen LogP contribution in [0.15, 0.2) is 18.2 Å². The van der Waals surface area contributed by atoms with Crippen LogP contribution in [-0.4, -0.2) is 36.9 Å². The Hall–Kier alpha value is -1.10. The van der Waals surface area contributed by atoms with Gasteiger partial charge in [0.15, 0.2) is 0 Å². The van der Waals surface area contributed by atoms with Crippen LogP contribution in [0.4, 0.5) is 5.69 Å². The number of hydrogen-bond donors (Lipinski definition) is 1. The number of halogens is 1. The molecule has 1 heterocycles. The standard InChI is InChI=1S/C13H16ClNO3/c1-9-11(14)3-2-4-12(9)15-10(5-6-16)7-18-8-13(15)17/h2-4,10,16H,5-8H2,1H3. The first-order valence-electron chi connectivity index (χ1n) is 5.91. The van der Waals surface area contributed by atoms with Gasteiger partial charge in [0.05, 0.1) is 12.6 Å². The smallest absolute Gasteiger partial charge is 0.253 e. The van der Waals surface area contributed by atoms with Crippen molar-refractivity contribution in [3.05, 3.63) is 28.8 Å². The highest BCUT2D eigenvalue weighted by atomic mass is 35.5. The van der Waals surface area contributed by atoms with E-state index in [2.05, 4.69) is 0 Å². The molecule has 1 atom stereocenters. The number of morpholine rings is 1. The molecule has 1 aromatic rings. The fourth-order valence-corrected chi connectivity index (χ4v) is 2.35. The molecule has 4 nitrogen and oxygen atoms in total. The number of carbonyl (C=O) groups excluding carboxylic acids is 1. The summed E-state index contributed by atoms with van der Waals surface area (Å²) < 4.78 is 5.23. The van der Waals surface area contributed by atoms with Gasteiger partial charge >= 0.3 is 0 Å². The van der Waals surface area contributed by atoms with Crippen molar-refractivity contribution in [3.63, 3.8) is 0 Å². The second-order valence-corrected chi connectivity index (χ2v) is 4.74. The largest absolute Gasteiger partial charge is 0.396 e. The van der Waals surface area contributed by atoms with Gasteiger partial charge in [0.2, 0.25) is 0 Å². The van der Waals surface area contributed by atoms with Crippen LogP contribution < -0.4 is 4.90 Å². The van der Waals surface area contributed by atoms with Gasteiger partial charge in [-0.2, -0.15) is 0 Å². The molecule has 0 aromatic heterocycles. The van der Waals surface area contributed by atoms with Crippen LogP contribution in [-0.2, 0) is 9.53 Å². The number of ether oxygens (including phenoxy) is 1. The van der Waals surface area contributed by atoms with Crippen LogP contribution in [0.5, 0.6) is 0 Å². The average molecular weight is 270 g/mol. The molecule has 1 unspecified atom stereocenters. The topological polar surface area (TPSA) is 49.8 Å². The molecule has 0 aliphatic carbocycles. The van der Waals surface area contributed by atoms with E-state index in [1.54, 1.807) is 11.0 Å². The molecule has 98 valence electrons. The Labute approximate surface area is 111 Å². The Kier molecular flexibility index (Phi) is 4.22. The summed E-state index contributed by atoms with van der Waals surface area (Å²) in [6.07, 6.45) is 0.498. The first-order valence-corrected chi connectivity index (χ1v) is 6.28. The van der Waals surface area contributed by atoms with Gasteiger partial charge in [-0.05, 0) is 31.0 Å². The second-order valence-electron chi connectivity index (χ2n) is 4.33. The molecular weight excluding hydrogens is 254 g/mol. The highest BCUT2D eigenvalue weighted by Crippen LogP contribution is 2.30. The Morgan fingerprint density at radius 1 is 1.56 bits per heavy atom. The quantitative estimate of drug-likeness (QED) is 0.910. The van der Waals surface area contributed by atoms with Crippen molar-refractivity contribution in [2.45, 2.75) is 19.4 Å².